The van der Waals surface area contributed by atoms with Gasteiger partial charge in [-0.15, -0.1) is 0 Å². The maximum atomic E-state index is 10.9. The van der Waals surface area contributed by atoms with Gasteiger partial charge in [0.25, 0.3) is 0 Å². The molecule has 0 radical (unpaired) electrons. The Labute approximate surface area is 84.3 Å². The smallest absolute Gasteiger partial charge is 0.333 e. The number of nitrogens with zero attached hydrogens (tertiary/aromatic N) is 1. The highest BCUT2D eigenvalue weighted by molar-refractivity contribution is 5.86. The maximum Gasteiger partial charge on any atom is 0.333 e. The first kappa shape index (κ1) is 12.8. The molecule has 0 fully saturated rings. The van der Waals surface area contributed by atoms with Gasteiger partial charge in [-0.3, -0.25) is 0 Å². The summed E-state index contributed by atoms with van der Waals surface area (Å²) in [6, 6.07) is 0. The largest absolute Gasteiger partial charge is 0.462 e. The van der Waals surface area contributed by atoms with Crippen molar-refractivity contribution in [2.75, 3.05) is 13.2 Å². The zero-order valence-electron chi connectivity index (χ0n) is 8.62. The molecule has 4 nitrogen and oxygen atoms in total. The first-order valence-corrected chi connectivity index (χ1v) is 4.80. The lowest BCUT2D eigenvalue weighted by Gasteiger charge is -2.03. The van der Waals surface area contributed by atoms with Gasteiger partial charge in [-0.05, 0) is 26.2 Å². The lowest BCUT2D eigenvalue weighted by molar-refractivity contribution is -0.139. The van der Waals surface area contributed by atoms with E-state index in [1.54, 1.807) is 6.92 Å². The van der Waals surface area contributed by atoms with Gasteiger partial charge < -0.3 is 4.74 Å². The summed E-state index contributed by atoms with van der Waals surface area (Å²) in [5.41, 5.74) is 0.426. The van der Waals surface area contributed by atoms with Crippen LogP contribution in [0.15, 0.2) is 17.3 Å². The van der Waals surface area contributed by atoms with E-state index in [1.165, 1.54) is 0 Å². The van der Waals surface area contributed by atoms with E-state index in [1.807, 2.05) is 0 Å². The fourth-order valence-electron chi connectivity index (χ4n) is 0.920. The SMILES string of the molecule is C=C(C)C(=O)OCCCCCCN=O. The van der Waals surface area contributed by atoms with Crippen LogP contribution in [-0.2, 0) is 9.53 Å². The van der Waals surface area contributed by atoms with Crippen LogP contribution in [0.2, 0.25) is 0 Å². The van der Waals surface area contributed by atoms with Crippen molar-refractivity contribution in [3.05, 3.63) is 17.1 Å². The Balaban J connectivity index is 3.17. The highest BCUT2D eigenvalue weighted by Crippen LogP contribution is 2.01. The molecule has 0 aliphatic heterocycles. The van der Waals surface area contributed by atoms with Crippen molar-refractivity contribution < 1.29 is 9.53 Å². The third-order valence-corrected chi connectivity index (χ3v) is 1.73. The predicted molar refractivity (Wildman–Crippen MR) is 54.9 cm³/mol. The molecule has 0 bridgehead atoms. The summed E-state index contributed by atoms with van der Waals surface area (Å²) in [5.74, 6) is -0.334. The molecule has 0 saturated carbocycles. The lowest BCUT2D eigenvalue weighted by atomic mass is 10.2. The van der Waals surface area contributed by atoms with Crippen molar-refractivity contribution in [1.82, 2.24) is 0 Å². The Hall–Kier alpha value is -1.19. The molecule has 0 atom stereocenters. The van der Waals surface area contributed by atoms with Crippen molar-refractivity contribution >= 4 is 5.97 Å². The molecule has 0 aromatic heterocycles. The zero-order chi connectivity index (χ0) is 10.8. The summed E-state index contributed by atoms with van der Waals surface area (Å²) in [4.78, 5) is 20.6. The van der Waals surface area contributed by atoms with Gasteiger partial charge in [0.05, 0.1) is 13.2 Å². The van der Waals surface area contributed by atoms with Crippen LogP contribution in [0.1, 0.15) is 32.6 Å². The molecule has 0 aliphatic rings. The minimum Gasteiger partial charge on any atom is -0.462 e. The Morgan fingerprint density at radius 3 is 2.50 bits per heavy atom. The minimum atomic E-state index is -0.334. The Morgan fingerprint density at radius 2 is 1.93 bits per heavy atom. The van der Waals surface area contributed by atoms with E-state index in [9.17, 15) is 9.70 Å². The summed E-state index contributed by atoms with van der Waals surface area (Å²) in [6.45, 7) is 5.91. The van der Waals surface area contributed by atoms with E-state index in [0.717, 1.165) is 25.7 Å². The quantitative estimate of drug-likeness (QED) is 0.261. The third kappa shape index (κ3) is 7.46. The molecular weight excluding hydrogens is 182 g/mol. The van der Waals surface area contributed by atoms with Crippen LogP contribution in [0.4, 0.5) is 0 Å². The van der Waals surface area contributed by atoms with Gasteiger partial charge in [0.1, 0.15) is 0 Å². The van der Waals surface area contributed by atoms with Crippen LogP contribution < -0.4 is 0 Å². The molecule has 0 amide bonds. The molecule has 0 N–H and O–H groups in total. The van der Waals surface area contributed by atoms with Crippen LogP contribution in [0.5, 0.6) is 0 Å². The molecule has 0 aromatic carbocycles. The second-order valence-electron chi connectivity index (χ2n) is 3.18. The number of esters is 1. The summed E-state index contributed by atoms with van der Waals surface area (Å²) >= 11 is 0. The molecule has 0 aliphatic carbocycles. The Kier molecular flexibility index (Phi) is 7.70. The standard InChI is InChI=1S/C10H17NO3/c1-9(2)10(12)14-8-6-4-3-5-7-11-13/h1,3-8H2,2H3. The third-order valence-electron chi connectivity index (χ3n) is 1.73. The van der Waals surface area contributed by atoms with Gasteiger partial charge in [-0.2, -0.15) is 4.91 Å². The highest BCUT2D eigenvalue weighted by Gasteiger charge is 2.01. The van der Waals surface area contributed by atoms with Crippen LogP contribution >= 0.6 is 0 Å². The molecule has 4 heteroatoms. The van der Waals surface area contributed by atoms with Crippen LogP contribution in [0, 0.1) is 4.91 Å². The van der Waals surface area contributed by atoms with Gasteiger partial charge in [0.2, 0.25) is 0 Å². The molecule has 0 aromatic rings. The van der Waals surface area contributed by atoms with E-state index >= 15 is 0 Å². The molecule has 0 saturated heterocycles. The minimum absolute atomic E-state index is 0.334. The van der Waals surface area contributed by atoms with Crippen molar-refractivity contribution in [3.63, 3.8) is 0 Å². The number of ether oxygens (including phenoxy) is 1. The van der Waals surface area contributed by atoms with E-state index in [2.05, 4.69) is 11.8 Å². The zero-order valence-corrected chi connectivity index (χ0v) is 8.62. The Morgan fingerprint density at radius 1 is 1.29 bits per heavy atom. The highest BCUT2D eigenvalue weighted by atomic mass is 16.5. The summed E-state index contributed by atoms with van der Waals surface area (Å²) < 4.78 is 4.89. The number of unbranched alkanes of at least 4 members (excludes halogenated alkanes) is 3. The molecule has 0 spiro atoms. The van der Waals surface area contributed by atoms with Crippen LogP contribution in [0.3, 0.4) is 0 Å². The van der Waals surface area contributed by atoms with Gasteiger partial charge in [-0.25, -0.2) is 4.79 Å². The van der Waals surface area contributed by atoms with E-state index in [4.69, 9.17) is 4.74 Å². The van der Waals surface area contributed by atoms with E-state index < -0.39 is 0 Å². The van der Waals surface area contributed by atoms with Crippen LogP contribution in [0.25, 0.3) is 0 Å². The first-order valence-electron chi connectivity index (χ1n) is 4.80. The number of hydrogen-bond donors (Lipinski definition) is 0. The number of carbonyl (C=O) groups is 1. The molecule has 80 valence electrons. The number of hydrogen-bond acceptors (Lipinski definition) is 4. The first-order chi connectivity index (χ1) is 6.68. The van der Waals surface area contributed by atoms with E-state index in [0.29, 0.717) is 18.7 Å². The molecule has 0 unspecified atom stereocenters. The number of nitroso groups, excluding NO2 is 1. The van der Waals surface area contributed by atoms with Crippen molar-refractivity contribution in [2.45, 2.75) is 32.6 Å². The summed E-state index contributed by atoms with van der Waals surface area (Å²) in [7, 11) is 0. The van der Waals surface area contributed by atoms with Crippen LogP contribution in [-0.4, -0.2) is 19.1 Å². The average Bonchev–Trinajstić information content (AvgIpc) is 2.16. The van der Waals surface area contributed by atoms with Gasteiger partial charge >= 0.3 is 5.97 Å². The fourth-order valence-corrected chi connectivity index (χ4v) is 0.920. The van der Waals surface area contributed by atoms with Gasteiger partial charge in [-0.1, -0.05) is 18.2 Å². The normalized spacial score (nSPS) is 9.50. The number of rotatable bonds is 8. The topological polar surface area (TPSA) is 55.7 Å². The lowest BCUT2D eigenvalue weighted by Crippen LogP contribution is -2.06. The van der Waals surface area contributed by atoms with Crippen molar-refractivity contribution in [2.24, 2.45) is 5.18 Å². The van der Waals surface area contributed by atoms with Crippen molar-refractivity contribution in [1.29, 1.82) is 0 Å². The predicted octanol–water partition coefficient (Wildman–Crippen LogP) is 2.43. The molecule has 0 rings (SSSR count). The second-order valence-corrected chi connectivity index (χ2v) is 3.18. The monoisotopic (exact) mass is 199 g/mol. The Bertz CT molecular complexity index is 202. The van der Waals surface area contributed by atoms with Gasteiger partial charge in [0.15, 0.2) is 0 Å². The van der Waals surface area contributed by atoms with Gasteiger partial charge in [0, 0.05) is 5.57 Å². The number of carbonyl (C=O) groups excluding carboxylic acids is 1. The molecule has 14 heavy (non-hydrogen) atoms. The molecular formula is C10H17NO3. The summed E-state index contributed by atoms with van der Waals surface area (Å²) in [5, 5.41) is 2.76. The second kappa shape index (κ2) is 8.41. The van der Waals surface area contributed by atoms with Crippen molar-refractivity contribution in [3.8, 4) is 0 Å². The van der Waals surface area contributed by atoms with E-state index in [-0.39, 0.29) is 5.97 Å². The maximum absolute atomic E-state index is 10.9. The average molecular weight is 199 g/mol. The summed E-state index contributed by atoms with van der Waals surface area (Å²) in [6.07, 6.45) is 3.56. The fraction of sp³-hybridized carbons (Fsp3) is 0.700. The molecule has 0 heterocycles.